The minimum atomic E-state index is 0.0931. The van der Waals surface area contributed by atoms with Gasteiger partial charge in [-0.15, -0.1) is 0 Å². The fourth-order valence-corrected chi connectivity index (χ4v) is 2.73. The van der Waals surface area contributed by atoms with Gasteiger partial charge in [0, 0.05) is 12.6 Å². The third-order valence-electron chi connectivity index (χ3n) is 3.34. The molecule has 1 aromatic rings. The van der Waals surface area contributed by atoms with Crippen molar-refractivity contribution < 1.29 is 4.74 Å². The lowest BCUT2D eigenvalue weighted by Gasteiger charge is -2.48. The van der Waals surface area contributed by atoms with Crippen molar-refractivity contribution in [1.82, 2.24) is 0 Å². The first-order valence-corrected chi connectivity index (χ1v) is 6.17. The molecule has 0 atom stereocenters. The maximum atomic E-state index is 5.50. The van der Waals surface area contributed by atoms with E-state index in [9.17, 15) is 0 Å². The van der Waals surface area contributed by atoms with Crippen LogP contribution in [0.5, 0.6) is 5.75 Å². The van der Waals surface area contributed by atoms with Gasteiger partial charge in [-0.1, -0.05) is 6.07 Å². The van der Waals surface area contributed by atoms with Crippen molar-refractivity contribution in [2.75, 3.05) is 23.9 Å². The highest BCUT2D eigenvalue weighted by Gasteiger charge is 2.36. The summed E-state index contributed by atoms with van der Waals surface area (Å²) < 4.78 is 5.50. The number of rotatable bonds is 2. The van der Waals surface area contributed by atoms with Crippen LogP contribution in [0.1, 0.15) is 27.7 Å². The Balaban J connectivity index is 2.58. The minimum absolute atomic E-state index is 0.0931. The third kappa shape index (κ3) is 1.94. The summed E-state index contributed by atoms with van der Waals surface area (Å²) in [7, 11) is 1.73. The van der Waals surface area contributed by atoms with Crippen LogP contribution in [-0.2, 0) is 0 Å². The summed E-state index contributed by atoms with van der Waals surface area (Å²) in [4.78, 5) is 2.44. The number of nitrogens with one attached hydrogen (secondary N) is 1. The Labute approximate surface area is 104 Å². The maximum absolute atomic E-state index is 5.50. The minimum Gasteiger partial charge on any atom is -0.495 e. The van der Waals surface area contributed by atoms with Gasteiger partial charge >= 0.3 is 0 Å². The lowest BCUT2D eigenvalue weighted by atomic mass is 9.95. The van der Waals surface area contributed by atoms with E-state index in [0.717, 1.165) is 18.0 Å². The van der Waals surface area contributed by atoms with Crippen LogP contribution in [0.2, 0.25) is 0 Å². The highest BCUT2D eigenvalue weighted by atomic mass is 16.5. The topological polar surface area (TPSA) is 24.5 Å². The molecule has 1 aliphatic rings. The van der Waals surface area contributed by atoms with Gasteiger partial charge in [-0.3, -0.25) is 0 Å². The average molecular weight is 234 g/mol. The molecule has 1 heterocycles. The number of anilines is 2. The fraction of sp³-hybridized carbons (Fsp3) is 0.571. The molecule has 1 aromatic carbocycles. The van der Waals surface area contributed by atoms with E-state index in [1.165, 1.54) is 5.69 Å². The molecule has 0 saturated heterocycles. The number of fused-ring (bicyclic) bond motifs is 1. The van der Waals surface area contributed by atoms with Crippen molar-refractivity contribution in [3.8, 4) is 5.75 Å². The summed E-state index contributed by atoms with van der Waals surface area (Å²) >= 11 is 0. The van der Waals surface area contributed by atoms with Crippen LogP contribution in [0.25, 0.3) is 0 Å². The number of methoxy groups -OCH3 is 1. The molecule has 0 saturated carbocycles. The Kier molecular flexibility index (Phi) is 2.94. The van der Waals surface area contributed by atoms with Crippen molar-refractivity contribution in [3.05, 3.63) is 18.2 Å². The van der Waals surface area contributed by atoms with Crippen molar-refractivity contribution in [2.24, 2.45) is 0 Å². The van der Waals surface area contributed by atoms with Gasteiger partial charge in [-0.25, -0.2) is 0 Å². The number of para-hydroxylation sites is 1. The summed E-state index contributed by atoms with van der Waals surface area (Å²) in [6.45, 7) is 9.92. The molecular weight excluding hydrogens is 212 g/mol. The monoisotopic (exact) mass is 234 g/mol. The van der Waals surface area contributed by atoms with Gasteiger partial charge in [-0.05, 0) is 39.8 Å². The molecule has 94 valence electrons. The molecule has 0 radical (unpaired) electrons. The van der Waals surface area contributed by atoms with Crippen LogP contribution in [0.3, 0.4) is 0 Å². The van der Waals surface area contributed by atoms with Gasteiger partial charge in [0.15, 0.2) is 0 Å². The molecule has 0 bridgehead atoms. The van der Waals surface area contributed by atoms with Crippen LogP contribution in [0, 0.1) is 0 Å². The number of ether oxygens (including phenoxy) is 1. The van der Waals surface area contributed by atoms with E-state index in [2.05, 4.69) is 44.0 Å². The first kappa shape index (κ1) is 12.1. The standard InChI is InChI=1S/C14H22N2O/c1-10(2)16-13-11(15-9-14(16,3)4)7-6-8-12(13)17-5/h6-8,10,15H,9H2,1-5H3. The summed E-state index contributed by atoms with van der Waals surface area (Å²) in [5.74, 6) is 0.941. The Hall–Kier alpha value is -1.38. The summed E-state index contributed by atoms with van der Waals surface area (Å²) in [6, 6.07) is 6.61. The van der Waals surface area contributed by atoms with E-state index in [-0.39, 0.29) is 5.54 Å². The van der Waals surface area contributed by atoms with Crippen LogP contribution in [-0.4, -0.2) is 25.2 Å². The van der Waals surface area contributed by atoms with Crippen molar-refractivity contribution in [3.63, 3.8) is 0 Å². The van der Waals surface area contributed by atoms with Crippen molar-refractivity contribution in [2.45, 2.75) is 39.3 Å². The highest BCUT2D eigenvalue weighted by Crippen LogP contribution is 2.43. The number of hydrogen-bond acceptors (Lipinski definition) is 3. The second-order valence-electron chi connectivity index (χ2n) is 5.49. The van der Waals surface area contributed by atoms with Crippen LogP contribution in [0.4, 0.5) is 11.4 Å². The average Bonchev–Trinajstić information content (AvgIpc) is 2.26. The first-order chi connectivity index (χ1) is 7.97. The predicted octanol–water partition coefficient (Wildman–Crippen LogP) is 3.11. The Morgan fingerprint density at radius 1 is 1.35 bits per heavy atom. The predicted molar refractivity (Wildman–Crippen MR) is 73.2 cm³/mol. The van der Waals surface area contributed by atoms with Crippen LogP contribution >= 0.6 is 0 Å². The summed E-state index contributed by atoms with van der Waals surface area (Å²) in [6.07, 6.45) is 0. The first-order valence-electron chi connectivity index (χ1n) is 6.17. The lowest BCUT2D eigenvalue weighted by molar-refractivity contribution is 0.394. The van der Waals surface area contributed by atoms with Gasteiger partial charge in [0.1, 0.15) is 11.4 Å². The molecule has 3 heteroatoms. The molecule has 0 amide bonds. The van der Waals surface area contributed by atoms with Gasteiger partial charge in [0.25, 0.3) is 0 Å². The summed E-state index contributed by atoms with van der Waals surface area (Å²) in [5, 5.41) is 3.49. The molecule has 2 rings (SSSR count). The SMILES string of the molecule is COc1cccc2c1N(C(C)C)C(C)(C)CN2. The van der Waals surface area contributed by atoms with Gasteiger partial charge in [0.2, 0.25) is 0 Å². The third-order valence-corrected chi connectivity index (χ3v) is 3.34. The molecule has 0 spiro atoms. The van der Waals surface area contributed by atoms with E-state index in [1.807, 2.05) is 12.1 Å². The quantitative estimate of drug-likeness (QED) is 0.851. The molecule has 0 fully saturated rings. The number of nitrogens with zero attached hydrogens (tertiary/aromatic N) is 1. The molecule has 17 heavy (non-hydrogen) atoms. The zero-order chi connectivity index (χ0) is 12.6. The second kappa shape index (κ2) is 4.13. The summed E-state index contributed by atoms with van der Waals surface area (Å²) in [5.41, 5.74) is 2.44. The van der Waals surface area contributed by atoms with Crippen molar-refractivity contribution >= 4 is 11.4 Å². The zero-order valence-electron chi connectivity index (χ0n) is 11.4. The highest BCUT2D eigenvalue weighted by molar-refractivity contribution is 5.80. The van der Waals surface area contributed by atoms with E-state index in [4.69, 9.17) is 4.74 Å². The molecule has 1 N–H and O–H groups in total. The molecule has 0 aliphatic carbocycles. The smallest absolute Gasteiger partial charge is 0.144 e. The molecule has 3 nitrogen and oxygen atoms in total. The van der Waals surface area contributed by atoms with Crippen LogP contribution in [0.15, 0.2) is 18.2 Å². The molecular formula is C14H22N2O. The van der Waals surface area contributed by atoms with Crippen molar-refractivity contribution in [1.29, 1.82) is 0 Å². The number of hydrogen-bond donors (Lipinski definition) is 1. The zero-order valence-corrected chi connectivity index (χ0v) is 11.4. The van der Waals surface area contributed by atoms with E-state index >= 15 is 0 Å². The van der Waals surface area contributed by atoms with Gasteiger partial charge in [0.05, 0.1) is 18.3 Å². The molecule has 0 aromatic heterocycles. The number of benzene rings is 1. The normalized spacial score (nSPS) is 17.6. The van der Waals surface area contributed by atoms with E-state index < -0.39 is 0 Å². The second-order valence-corrected chi connectivity index (χ2v) is 5.49. The Bertz CT molecular complexity index is 398. The molecule has 0 unspecified atom stereocenters. The lowest BCUT2D eigenvalue weighted by Crippen LogP contribution is -2.55. The molecule has 1 aliphatic heterocycles. The van der Waals surface area contributed by atoms with E-state index in [0.29, 0.717) is 6.04 Å². The van der Waals surface area contributed by atoms with Gasteiger partial charge in [-0.2, -0.15) is 0 Å². The van der Waals surface area contributed by atoms with Crippen LogP contribution < -0.4 is 15.0 Å². The largest absolute Gasteiger partial charge is 0.495 e. The Morgan fingerprint density at radius 3 is 2.65 bits per heavy atom. The Morgan fingerprint density at radius 2 is 2.06 bits per heavy atom. The fourth-order valence-electron chi connectivity index (χ4n) is 2.73. The van der Waals surface area contributed by atoms with Gasteiger partial charge < -0.3 is 15.0 Å². The maximum Gasteiger partial charge on any atom is 0.144 e. The van der Waals surface area contributed by atoms with E-state index in [1.54, 1.807) is 7.11 Å².